The van der Waals surface area contributed by atoms with Gasteiger partial charge in [0.2, 0.25) is 0 Å². The molecule has 2 amide bonds. The van der Waals surface area contributed by atoms with Crippen LogP contribution < -0.4 is 10.6 Å². The van der Waals surface area contributed by atoms with E-state index in [2.05, 4.69) is 15.5 Å². The Labute approximate surface area is 109 Å². The number of nitrogens with one attached hydrogen (secondary N) is 2. The average Bonchev–Trinajstić information content (AvgIpc) is 2.25. The van der Waals surface area contributed by atoms with Crippen LogP contribution in [0.5, 0.6) is 0 Å². The van der Waals surface area contributed by atoms with Gasteiger partial charge in [-0.3, -0.25) is 4.79 Å². The van der Waals surface area contributed by atoms with E-state index in [9.17, 15) is 9.59 Å². The second-order valence-electron chi connectivity index (χ2n) is 5.31. The molecule has 0 unspecified atom stereocenters. The second-order valence-corrected chi connectivity index (χ2v) is 5.31. The Morgan fingerprint density at radius 2 is 1.78 bits per heavy atom. The van der Waals surface area contributed by atoms with E-state index in [0.717, 1.165) is 19.4 Å². The Kier molecular flexibility index (Phi) is 7.35. The first-order chi connectivity index (χ1) is 8.25. The highest BCUT2D eigenvalue weighted by Crippen LogP contribution is 2.12. The molecule has 0 saturated heterocycles. The molecule has 6 heteroatoms. The van der Waals surface area contributed by atoms with Crippen molar-refractivity contribution < 1.29 is 14.7 Å². The molecular formula is C12H25N3O3. The lowest BCUT2D eigenvalue weighted by Crippen LogP contribution is -2.43. The number of carboxylic acids is 1. The number of carboxylic acid groups (broad SMARTS) is 1. The molecule has 0 heterocycles. The van der Waals surface area contributed by atoms with Gasteiger partial charge >= 0.3 is 12.0 Å². The largest absolute Gasteiger partial charge is 0.481 e. The highest BCUT2D eigenvalue weighted by Gasteiger charge is 2.27. The second kappa shape index (κ2) is 7.92. The summed E-state index contributed by atoms with van der Waals surface area (Å²) in [6.45, 7) is 4.87. The van der Waals surface area contributed by atoms with E-state index >= 15 is 0 Å². The van der Waals surface area contributed by atoms with Crippen LogP contribution in [0.3, 0.4) is 0 Å². The molecule has 0 spiro atoms. The summed E-state index contributed by atoms with van der Waals surface area (Å²) in [5, 5.41) is 14.1. The minimum absolute atomic E-state index is 0.117. The number of nitrogens with zero attached hydrogens (tertiary/aromatic N) is 1. The van der Waals surface area contributed by atoms with E-state index < -0.39 is 11.4 Å². The summed E-state index contributed by atoms with van der Waals surface area (Å²) in [7, 11) is 4.02. The summed E-state index contributed by atoms with van der Waals surface area (Å²) in [6.07, 6.45) is 1.93. The molecule has 0 fully saturated rings. The minimum atomic E-state index is -0.942. The monoisotopic (exact) mass is 259 g/mol. The van der Waals surface area contributed by atoms with Crippen LogP contribution in [-0.4, -0.2) is 55.7 Å². The van der Waals surface area contributed by atoms with E-state index in [0.29, 0.717) is 6.54 Å². The van der Waals surface area contributed by atoms with E-state index in [1.165, 1.54) is 0 Å². The predicted molar refractivity (Wildman–Crippen MR) is 70.6 cm³/mol. The van der Waals surface area contributed by atoms with Gasteiger partial charge in [0.1, 0.15) is 0 Å². The van der Waals surface area contributed by atoms with Crippen molar-refractivity contribution in [2.24, 2.45) is 5.41 Å². The fourth-order valence-electron chi connectivity index (χ4n) is 1.19. The molecule has 0 aliphatic rings. The van der Waals surface area contributed by atoms with Crippen LogP contribution in [0.25, 0.3) is 0 Å². The van der Waals surface area contributed by atoms with Crippen molar-refractivity contribution in [3.63, 3.8) is 0 Å². The maximum atomic E-state index is 11.4. The smallest absolute Gasteiger partial charge is 0.314 e. The Balaban J connectivity index is 3.64. The van der Waals surface area contributed by atoms with Crippen LogP contribution in [-0.2, 0) is 4.79 Å². The quantitative estimate of drug-likeness (QED) is 0.561. The van der Waals surface area contributed by atoms with Gasteiger partial charge in [-0.05, 0) is 47.3 Å². The summed E-state index contributed by atoms with van der Waals surface area (Å²) >= 11 is 0. The molecule has 0 radical (unpaired) electrons. The zero-order chi connectivity index (χ0) is 14.2. The summed E-state index contributed by atoms with van der Waals surface area (Å²) in [4.78, 5) is 24.3. The van der Waals surface area contributed by atoms with Gasteiger partial charge in [0, 0.05) is 13.1 Å². The molecule has 0 rings (SSSR count). The van der Waals surface area contributed by atoms with Crippen LogP contribution in [0.15, 0.2) is 0 Å². The molecule has 0 aromatic carbocycles. The number of carbonyl (C=O) groups excluding carboxylic acids is 1. The molecule has 106 valence electrons. The van der Waals surface area contributed by atoms with Gasteiger partial charge in [-0.25, -0.2) is 4.79 Å². The first kappa shape index (κ1) is 16.7. The highest BCUT2D eigenvalue weighted by molar-refractivity contribution is 5.77. The number of amides is 2. The van der Waals surface area contributed by atoms with Crippen molar-refractivity contribution in [3.8, 4) is 0 Å². The SMILES string of the molecule is CN(C)CCCCNC(=O)NCC(C)(C)C(=O)O. The van der Waals surface area contributed by atoms with Gasteiger partial charge < -0.3 is 20.6 Å². The van der Waals surface area contributed by atoms with Gasteiger partial charge in [-0.1, -0.05) is 0 Å². The summed E-state index contributed by atoms with van der Waals surface area (Å²) in [5.74, 6) is -0.922. The molecule has 6 nitrogen and oxygen atoms in total. The maximum Gasteiger partial charge on any atom is 0.314 e. The molecule has 0 aromatic heterocycles. The third-order valence-corrected chi connectivity index (χ3v) is 2.59. The third-order valence-electron chi connectivity index (χ3n) is 2.59. The average molecular weight is 259 g/mol. The van der Waals surface area contributed by atoms with Crippen LogP contribution in [0.4, 0.5) is 4.79 Å². The lowest BCUT2D eigenvalue weighted by Gasteiger charge is -2.19. The summed E-state index contributed by atoms with van der Waals surface area (Å²) in [5.41, 5.74) is -0.942. The van der Waals surface area contributed by atoms with Gasteiger partial charge in [-0.2, -0.15) is 0 Å². The van der Waals surface area contributed by atoms with E-state index in [-0.39, 0.29) is 12.6 Å². The number of aliphatic carboxylic acids is 1. The molecule has 3 N–H and O–H groups in total. The van der Waals surface area contributed by atoms with Crippen LogP contribution in [0, 0.1) is 5.41 Å². The fraction of sp³-hybridized carbons (Fsp3) is 0.833. The Hall–Kier alpha value is -1.30. The van der Waals surface area contributed by atoms with Crippen LogP contribution in [0.2, 0.25) is 0 Å². The van der Waals surface area contributed by atoms with Gasteiger partial charge in [0.15, 0.2) is 0 Å². The van der Waals surface area contributed by atoms with Crippen LogP contribution >= 0.6 is 0 Å². The molecule has 0 atom stereocenters. The van der Waals surface area contributed by atoms with Crippen molar-refractivity contribution >= 4 is 12.0 Å². The molecule has 0 aliphatic carbocycles. The highest BCUT2D eigenvalue weighted by atomic mass is 16.4. The minimum Gasteiger partial charge on any atom is -0.481 e. The summed E-state index contributed by atoms with van der Waals surface area (Å²) in [6, 6.07) is -0.311. The summed E-state index contributed by atoms with van der Waals surface area (Å²) < 4.78 is 0. The van der Waals surface area contributed by atoms with E-state index in [1.807, 2.05) is 14.1 Å². The maximum absolute atomic E-state index is 11.4. The lowest BCUT2D eigenvalue weighted by atomic mass is 9.94. The zero-order valence-electron chi connectivity index (χ0n) is 11.7. The first-order valence-electron chi connectivity index (χ1n) is 6.15. The molecule has 0 aliphatic heterocycles. The topological polar surface area (TPSA) is 81.7 Å². The first-order valence-corrected chi connectivity index (χ1v) is 6.15. The number of hydrogen-bond acceptors (Lipinski definition) is 3. The zero-order valence-corrected chi connectivity index (χ0v) is 11.7. The van der Waals surface area contributed by atoms with Gasteiger partial charge in [0.05, 0.1) is 5.41 Å². The Morgan fingerprint density at radius 1 is 1.17 bits per heavy atom. The standard InChI is InChI=1S/C12H25N3O3/c1-12(2,10(16)17)9-14-11(18)13-7-5-6-8-15(3)4/h5-9H2,1-4H3,(H,16,17)(H2,13,14,18). The van der Waals surface area contributed by atoms with Crippen molar-refractivity contribution in [2.45, 2.75) is 26.7 Å². The number of hydrogen-bond donors (Lipinski definition) is 3. The number of carbonyl (C=O) groups is 2. The predicted octanol–water partition coefficient (Wildman–Crippen LogP) is 0.738. The van der Waals surface area contributed by atoms with Crippen molar-refractivity contribution in [3.05, 3.63) is 0 Å². The number of urea groups is 1. The third kappa shape index (κ3) is 7.89. The van der Waals surface area contributed by atoms with E-state index in [4.69, 9.17) is 5.11 Å². The van der Waals surface area contributed by atoms with Crippen molar-refractivity contribution in [1.82, 2.24) is 15.5 Å². The molecule has 0 saturated carbocycles. The molecule has 0 aromatic rings. The lowest BCUT2D eigenvalue weighted by molar-refractivity contribution is -0.146. The van der Waals surface area contributed by atoms with E-state index in [1.54, 1.807) is 13.8 Å². The number of unbranched alkanes of at least 4 members (excludes halogenated alkanes) is 1. The van der Waals surface area contributed by atoms with Gasteiger partial charge in [-0.15, -0.1) is 0 Å². The Morgan fingerprint density at radius 3 is 2.28 bits per heavy atom. The van der Waals surface area contributed by atoms with Gasteiger partial charge in [0.25, 0.3) is 0 Å². The Bertz CT molecular complexity index is 278. The molecule has 18 heavy (non-hydrogen) atoms. The molecular weight excluding hydrogens is 234 g/mol. The number of rotatable bonds is 8. The van der Waals surface area contributed by atoms with Crippen LogP contribution in [0.1, 0.15) is 26.7 Å². The normalized spacial score (nSPS) is 11.4. The van der Waals surface area contributed by atoms with Crippen molar-refractivity contribution in [1.29, 1.82) is 0 Å². The molecule has 0 bridgehead atoms. The van der Waals surface area contributed by atoms with Crippen molar-refractivity contribution in [2.75, 3.05) is 33.7 Å². The fourth-order valence-corrected chi connectivity index (χ4v) is 1.19.